The van der Waals surface area contributed by atoms with Gasteiger partial charge in [-0.15, -0.1) is 0 Å². The van der Waals surface area contributed by atoms with Gasteiger partial charge in [0.1, 0.15) is 0 Å². The molecule has 3 nitrogen and oxygen atoms in total. The summed E-state index contributed by atoms with van der Waals surface area (Å²) in [6.45, 7) is 1.94. The first-order chi connectivity index (χ1) is 8.44. The number of halogens is 3. The van der Waals surface area contributed by atoms with Crippen molar-refractivity contribution >= 4 is 5.97 Å². The van der Waals surface area contributed by atoms with Gasteiger partial charge < -0.3 is 10.1 Å². The molecule has 1 rings (SSSR count). The third kappa shape index (κ3) is 3.37. The third-order valence-electron chi connectivity index (χ3n) is 3.32. The van der Waals surface area contributed by atoms with Crippen molar-refractivity contribution in [1.82, 2.24) is 5.32 Å². The largest absolute Gasteiger partial charge is 0.465 e. The second-order valence-corrected chi connectivity index (χ2v) is 4.70. The van der Waals surface area contributed by atoms with Crippen molar-refractivity contribution in [3.63, 3.8) is 0 Å². The van der Waals surface area contributed by atoms with Gasteiger partial charge in [0.15, 0.2) is 5.41 Å². The highest BCUT2D eigenvalue weighted by Crippen LogP contribution is 2.43. The lowest BCUT2D eigenvalue weighted by Crippen LogP contribution is -2.47. The second kappa shape index (κ2) is 6.41. The zero-order valence-electron chi connectivity index (χ0n) is 10.6. The summed E-state index contributed by atoms with van der Waals surface area (Å²) in [6, 6.07) is 0. The van der Waals surface area contributed by atoms with Crippen LogP contribution in [-0.2, 0) is 9.53 Å². The summed E-state index contributed by atoms with van der Waals surface area (Å²) >= 11 is 0. The first-order valence-electron chi connectivity index (χ1n) is 6.39. The van der Waals surface area contributed by atoms with Gasteiger partial charge in [-0.2, -0.15) is 13.2 Å². The Morgan fingerprint density at radius 1 is 1.33 bits per heavy atom. The Bertz CT molecular complexity index is 273. The molecule has 1 heterocycles. The van der Waals surface area contributed by atoms with E-state index < -0.39 is 17.6 Å². The Hall–Kier alpha value is -0.780. The minimum Gasteiger partial charge on any atom is -0.465 e. The number of carbonyl (C=O) groups excluding carboxylic acids is 1. The van der Waals surface area contributed by atoms with Crippen molar-refractivity contribution in [3.8, 4) is 0 Å². The Morgan fingerprint density at radius 2 is 2.06 bits per heavy atom. The van der Waals surface area contributed by atoms with E-state index in [1.54, 1.807) is 0 Å². The van der Waals surface area contributed by atoms with Crippen LogP contribution in [0.15, 0.2) is 0 Å². The Morgan fingerprint density at radius 3 is 2.56 bits per heavy atom. The fourth-order valence-electron chi connectivity index (χ4n) is 2.06. The lowest BCUT2D eigenvalue weighted by atomic mass is 9.86. The lowest BCUT2D eigenvalue weighted by molar-refractivity contribution is -0.229. The van der Waals surface area contributed by atoms with Gasteiger partial charge >= 0.3 is 12.1 Å². The van der Waals surface area contributed by atoms with Crippen molar-refractivity contribution in [3.05, 3.63) is 0 Å². The van der Waals surface area contributed by atoms with Gasteiger partial charge in [-0.25, -0.2) is 0 Å². The number of ether oxygens (including phenoxy) is 1. The number of carbonyl (C=O) groups is 1. The monoisotopic (exact) mass is 267 g/mol. The molecule has 1 atom stereocenters. The van der Waals surface area contributed by atoms with Crippen LogP contribution in [0.4, 0.5) is 13.2 Å². The molecule has 0 aromatic heterocycles. The van der Waals surface area contributed by atoms with Crippen LogP contribution in [0.3, 0.4) is 0 Å². The molecule has 6 heteroatoms. The minimum atomic E-state index is -4.54. The van der Waals surface area contributed by atoms with E-state index in [1.807, 2.05) is 6.92 Å². The molecule has 1 unspecified atom stereocenters. The number of unbranched alkanes of at least 4 members (excludes halogenated alkanes) is 3. The van der Waals surface area contributed by atoms with Crippen LogP contribution in [-0.4, -0.2) is 31.8 Å². The highest BCUT2D eigenvalue weighted by Gasteiger charge is 2.62. The van der Waals surface area contributed by atoms with E-state index in [9.17, 15) is 18.0 Å². The fourth-order valence-corrected chi connectivity index (χ4v) is 2.06. The standard InChI is InChI=1S/C12H20F3NO2/c1-2-3-4-5-8-18-10(17)11(12(13,14)15)6-7-16-9-11/h16H,2-9H2,1H3. The molecule has 18 heavy (non-hydrogen) atoms. The molecule has 106 valence electrons. The van der Waals surface area contributed by atoms with E-state index >= 15 is 0 Å². The van der Waals surface area contributed by atoms with Gasteiger partial charge in [0, 0.05) is 6.54 Å². The summed E-state index contributed by atoms with van der Waals surface area (Å²) in [4.78, 5) is 11.7. The molecular weight excluding hydrogens is 247 g/mol. The fraction of sp³-hybridized carbons (Fsp3) is 0.917. The number of alkyl halides is 3. The molecule has 0 aromatic rings. The number of rotatable bonds is 6. The van der Waals surface area contributed by atoms with E-state index in [1.165, 1.54) is 0 Å². The molecule has 1 aliphatic rings. The van der Waals surface area contributed by atoms with Crippen LogP contribution in [0.2, 0.25) is 0 Å². The third-order valence-corrected chi connectivity index (χ3v) is 3.32. The second-order valence-electron chi connectivity index (χ2n) is 4.70. The van der Waals surface area contributed by atoms with E-state index in [-0.39, 0.29) is 26.1 Å². The predicted octanol–water partition coefficient (Wildman–Crippen LogP) is 2.65. The molecule has 0 bridgehead atoms. The van der Waals surface area contributed by atoms with Crippen LogP contribution in [0, 0.1) is 5.41 Å². The lowest BCUT2D eigenvalue weighted by Gasteiger charge is -2.28. The van der Waals surface area contributed by atoms with Crippen LogP contribution in [0.25, 0.3) is 0 Å². The maximum Gasteiger partial charge on any atom is 0.406 e. The van der Waals surface area contributed by atoms with Gasteiger partial charge in [0.2, 0.25) is 0 Å². The molecule has 0 aliphatic carbocycles. The summed E-state index contributed by atoms with van der Waals surface area (Å²) in [5.41, 5.74) is -2.34. The van der Waals surface area contributed by atoms with Crippen molar-refractivity contribution in [2.45, 2.75) is 45.2 Å². The van der Waals surface area contributed by atoms with Gasteiger partial charge in [-0.05, 0) is 19.4 Å². The molecule has 0 saturated carbocycles. The van der Waals surface area contributed by atoms with Crippen molar-refractivity contribution in [2.75, 3.05) is 19.7 Å². The van der Waals surface area contributed by atoms with Crippen LogP contribution in [0.1, 0.15) is 39.0 Å². The highest BCUT2D eigenvalue weighted by molar-refractivity contribution is 5.78. The summed E-state index contributed by atoms with van der Waals surface area (Å²) < 4.78 is 43.7. The summed E-state index contributed by atoms with van der Waals surface area (Å²) in [5.74, 6) is -1.13. The molecule has 1 aliphatic heterocycles. The van der Waals surface area contributed by atoms with Crippen LogP contribution < -0.4 is 5.32 Å². The number of hydrogen-bond acceptors (Lipinski definition) is 3. The minimum absolute atomic E-state index is 0.0800. The summed E-state index contributed by atoms with van der Waals surface area (Å²) in [6.07, 6.45) is -1.24. The molecule has 1 fully saturated rings. The topological polar surface area (TPSA) is 38.3 Å². The number of hydrogen-bond donors (Lipinski definition) is 1. The first-order valence-corrected chi connectivity index (χ1v) is 6.39. The highest BCUT2D eigenvalue weighted by atomic mass is 19.4. The zero-order valence-corrected chi connectivity index (χ0v) is 10.6. The molecule has 1 saturated heterocycles. The average molecular weight is 267 g/mol. The maximum atomic E-state index is 13.0. The van der Waals surface area contributed by atoms with Gasteiger partial charge in [0.05, 0.1) is 6.61 Å². The molecule has 0 radical (unpaired) electrons. The molecule has 0 aromatic carbocycles. The van der Waals surface area contributed by atoms with Gasteiger partial charge in [-0.1, -0.05) is 26.2 Å². The Kier molecular flexibility index (Phi) is 5.44. The van der Waals surface area contributed by atoms with E-state index in [4.69, 9.17) is 4.74 Å². The molecular formula is C12H20F3NO2. The van der Waals surface area contributed by atoms with E-state index in [0.717, 1.165) is 19.3 Å². The quantitative estimate of drug-likeness (QED) is 0.594. The summed E-state index contributed by atoms with van der Waals surface area (Å²) in [7, 11) is 0. The van der Waals surface area contributed by atoms with E-state index in [2.05, 4.69) is 5.32 Å². The molecule has 0 amide bonds. The first kappa shape index (κ1) is 15.3. The number of nitrogens with one attached hydrogen (secondary N) is 1. The van der Waals surface area contributed by atoms with Gasteiger partial charge in [0.25, 0.3) is 0 Å². The van der Waals surface area contributed by atoms with Crippen LogP contribution >= 0.6 is 0 Å². The van der Waals surface area contributed by atoms with Crippen molar-refractivity contribution in [2.24, 2.45) is 5.41 Å². The smallest absolute Gasteiger partial charge is 0.406 e. The van der Waals surface area contributed by atoms with Crippen molar-refractivity contribution in [1.29, 1.82) is 0 Å². The molecule has 0 spiro atoms. The maximum absolute atomic E-state index is 13.0. The SMILES string of the molecule is CCCCCCOC(=O)C1(C(F)(F)F)CCNC1. The Labute approximate surface area is 105 Å². The zero-order chi connectivity index (χ0) is 13.6. The Balaban J connectivity index is 2.47. The van der Waals surface area contributed by atoms with Crippen LogP contribution in [0.5, 0.6) is 0 Å². The normalized spacial score (nSPS) is 24.2. The predicted molar refractivity (Wildman–Crippen MR) is 61.1 cm³/mol. The van der Waals surface area contributed by atoms with E-state index in [0.29, 0.717) is 6.42 Å². The number of esters is 1. The summed E-state index contributed by atoms with van der Waals surface area (Å²) in [5, 5.41) is 2.59. The molecule has 1 N–H and O–H groups in total. The average Bonchev–Trinajstić information content (AvgIpc) is 2.78. The van der Waals surface area contributed by atoms with Crippen molar-refractivity contribution < 1.29 is 22.7 Å². The van der Waals surface area contributed by atoms with Gasteiger partial charge in [-0.3, -0.25) is 4.79 Å².